The highest BCUT2D eigenvalue weighted by Crippen LogP contribution is 2.34. The minimum atomic E-state index is -1.13. The Balaban J connectivity index is 2.26. The number of nitrogens with one attached hydrogen (secondary N) is 1. The van der Waals surface area contributed by atoms with E-state index in [4.69, 9.17) is 27.2 Å². The molecule has 0 aliphatic heterocycles. The molecule has 0 spiro atoms. The summed E-state index contributed by atoms with van der Waals surface area (Å²) in [5, 5.41) is 14.7. The van der Waals surface area contributed by atoms with Gasteiger partial charge in [-0.3, -0.25) is 4.79 Å². The molecule has 0 saturated carbocycles. The van der Waals surface area contributed by atoms with E-state index in [1.165, 1.54) is 11.3 Å². The zero-order valence-electron chi connectivity index (χ0n) is 11.4. The molecule has 1 unspecified atom stereocenters. The first-order chi connectivity index (χ1) is 9.92. The Morgan fingerprint density at radius 2 is 2.29 bits per heavy atom. The standard InChI is InChI=1S/C13H14ClN3O3S/c1-6-3-8(10(20-2)4-7(6)14)16-13-17-9(5-21-13)11(15)12(18)19/h3-5,11H,15H2,1-2H3,(H,16,17)(H,18,19). The molecule has 0 amide bonds. The molecular weight excluding hydrogens is 314 g/mol. The number of hydrogen-bond donors (Lipinski definition) is 3. The molecule has 112 valence electrons. The van der Waals surface area contributed by atoms with Gasteiger partial charge >= 0.3 is 5.97 Å². The molecule has 1 aromatic heterocycles. The highest BCUT2D eigenvalue weighted by molar-refractivity contribution is 7.13. The number of ether oxygens (including phenoxy) is 1. The van der Waals surface area contributed by atoms with Crippen molar-refractivity contribution in [2.75, 3.05) is 12.4 Å². The smallest absolute Gasteiger partial charge is 0.326 e. The highest BCUT2D eigenvalue weighted by Gasteiger charge is 2.18. The third-order valence-electron chi connectivity index (χ3n) is 2.83. The number of anilines is 2. The SMILES string of the molecule is COc1cc(Cl)c(C)cc1Nc1nc(C(N)C(=O)O)cs1. The lowest BCUT2D eigenvalue weighted by atomic mass is 10.2. The summed E-state index contributed by atoms with van der Waals surface area (Å²) in [6.07, 6.45) is 0. The lowest BCUT2D eigenvalue weighted by Crippen LogP contribution is -2.20. The van der Waals surface area contributed by atoms with Gasteiger partial charge < -0.3 is 20.9 Å². The minimum Gasteiger partial charge on any atom is -0.495 e. The number of aryl methyl sites for hydroxylation is 1. The minimum absolute atomic E-state index is 0.305. The molecule has 0 aliphatic carbocycles. The fourth-order valence-corrected chi connectivity index (χ4v) is 2.57. The average Bonchev–Trinajstić information content (AvgIpc) is 2.90. The van der Waals surface area contributed by atoms with E-state index in [1.807, 2.05) is 13.0 Å². The Bertz CT molecular complexity index is 675. The number of carboxylic acids is 1. The summed E-state index contributed by atoms with van der Waals surface area (Å²) >= 11 is 7.31. The van der Waals surface area contributed by atoms with E-state index in [0.717, 1.165) is 5.56 Å². The number of halogens is 1. The lowest BCUT2D eigenvalue weighted by molar-refractivity contribution is -0.138. The quantitative estimate of drug-likeness (QED) is 0.781. The Labute approximate surface area is 130 Å². The monoisotopic (exact) mass is 327 g/mol. The van der Waals surface area contributed by atoms with Crippen LogP contribution >= 0.6 is 22.9 Å². The predicted octanol–water partition coefficient (Wildman–Crippen LogP) is 2.94. The molecule has 2 rings (SSSR count). The summed E-state index contributed by atoms with van der Waals surface area (Å²) in [7, 11) is 1.54. The molecule has 6 nitrogen and oxygen atoms in total. The summed E-state index contributed by atoms with van der Waals surface area (Å²) in [6.45, 7) is 1.88. The number of nitrogens with zero attached hydrogens (tertiary/aromatic N) is 1. The van der Waals surface area contributed by atoms with Crippen LogP contribution in [0, 0.1) is 6.92 Å². The van der Waals surface area contributed by atoms with Gasteiger partial charge in [0.2, 0.25) is 0 Å². The maximum atomic E-state index is 10.8. The number of thiazole rings is 1. The summed E-state index contributed by atoms with van der Waals surface area (Å²) in [6, 6.07) is 2.40. The number of nitrogens with two attached hydrogens (primary N) is 1. The van der Waals surface area contributed by atoms with Crippen LogP contribution in [0.1, 0.15) is 17.3 Å². The zero-order chi connectivity index (χ0) is 15.6. The van der Waals surface area contributed by atoms with Crippen molar-refractivity contribution in [1.82, 2.24) is 4.98 Å². The second-order valence-electron chi connectivity index (χ2n) is 4.32. The third-order valence-corrected chi connectivity index (χ3v) is 4.01. The molecule has 2 aromatic rings. The van der Waals surface area contributed by atoms with Crippen LogP contribution < -0.4 is 15.8 Å². The molecule has 0 fully saturated rings. The van der Waals surface area contributed by atoms with E-state index in [2.05, 4.69) is 10.3 Å². The van der Waals surface area contributed by atoms with Gasteiger partial charge in [0.1, 0.15) is 11.8 Å². The largest absolute Gasteiger partial charge is 0.495 e. The maximum absolute atomic E-state index is 10.8. The van der Waals surface area contributed by atoms with E-state index in [9.17, 15) is 4.79 Å². The molecule has 8 heteroatoms. The molecular formula is C13H14ClN3O3S. The van der Waals surface area contributed by atoms with E-state index in [1.54, 1.807) is 18.6 Å². The normalized spacial score (nSPS) is 12.0. The number of benzene rings is 1. The number of methoxy groups -OCH3 is 1. The molecule has 1 atom stereocenters. The van der Waals surface area contributed by atoms with Crippen LogP contribution in [-0.4, -0.2) is 23.2 Å². The molecule has 4 N–H and O–H groups in total. The molecule has 0 radical (unpaired) electrons. The Kier molecular flexibility index (Phi) is 4.66. The number of carbonyl (C=O) groups is 1. The Morgan fingerprint density at radius 1 is 1.57 bits per heavy atom. The molecule has 0 bridgehead atoms. The van der Waals surface area contributed by atoms with Crippen LogP contribution in [0.4, 0.5) is 10.8 Å². The summed E-state index contributed by atoms with van der Waals surface area (Å²) in [4.78, 5) is 15.0. The maximum Gasteiger partial charge on any atom is 0.326 e. The van der Waals surface area contributed by atoms with E-state index < -0.39 is 12.0 Å². The van der Waals surface area contributed by atoms with Crippen molar-refractivity contribution in [3.05, 3.63) is 33.8 Å². The van der Waals surface area contributed by atoms with E-state index >= 15 is 0 Å². The van der Waals surface area contributed by atoms with Crippen LogP contribution in [0.15, 0.2) is 17.5 Å². The van der Waals surface area contributed by atoms with Gasteiger partial charge in [0, 0.05) is 16.5 Å². The van der Waals surface area contributed by atoms with Gasteiger partial charge in [0.15, 0.2) is 5.13 Å². The van der Waals surface area contributed by atoms with Crippen LogP contribution in [0.5, 0.6) is 5.75 Å². The number of aromatic nitrogens is 1. The van der Waals surface area contributed by atoms with Crippen LogP contribution in [0.2, 0.25) is 5.02 Å². The molecule has 1 aromatic carbocycles. The van der Waals surface area contributed by atoms with Gasteiger partial charge in [0.25, 0.3) is 0 Å². The fraction of sp³-hybridized carbons (Fsp3) is 0.231. The first kappa shape index (κ1) is 15.6. The molecule has 1 heterocycles. The van der Waals surface area contributed by atoms with Crippen LogP contribution in [0.3, 0.4) is 0 Å². The van der Waals surface area contributed by atoms with Gasteiger partial charge in [-0.1, -0.05) is 11.6 Å². The second-order valence-corrected chi connectivity index (χ2v) is 5.59. The van der Waals surface area contributed by atoms with Crippen molar-refractivity contribution in [1.29, 1.82) is 0 Å². The van der Waals surface area contributed by atoms with Gasteiger partial charge in [-0.2, -0.15) is 0 Å². The fourth-order valence-electron chi connectivity index (χ4n) is 1.66. The number of aliphatic carboxylic acids is 1. The molecule has 21 heavy (non-hydrogen) atoms. The summed E-state index contributed by atoms with van der Waals surface area (Å²) in [5.74, 6) is -0.545. The van der Waals surface area contributed by atoms with Gasteiger partial charge in [0.05, 0.1) is 18.5 Å². The Hall–Kier alpha value is -1.83. The van der Waals surface area contributed by atoms with Crippen molar-refractivity contribution in [3.8, 4) is 5.75 Å². The number of hydrogen-bond acceptors (Lipinski definition) is 6. The molecule has 0 aliphatic rings. The first-order valence-corrected chi connectivity index (χ1v) is 7.23. The average molecular weight is 328 g/mol. The van der Waals surface area contributed by atoms with E-state index in [0.29, 0.717) is 27.3 Å². The topological polar surface area (TPSA) is 97.5 Å². The van der Waals surface area contributed by atoms with Crippen molar-refractivity contribution in [2.45, 2.75) is 13.0 Å². The summed E-state index contributed by atoms with van der Waals surface area (Å²) < 4.78 is 5.26. The van der Waals surface area contributed by atoms with Gasteiger partial charge in [-0.25, -0.2) is 4.98 Å². The van der Waals surface area contributed by atoms with Crippen molar-refractivity contribution < 1.29 is 14.6 Å². The summed E-state index contributed by atoms with van der Waals surface area (Å²) in [5.41, 5.74) is 7.41. The number of carboxylic acid groups (broad SMARTS) is 1. The third kappa shape index (κ3) is 3.44. The first-order valence-electron chi connectivity index (χ1n) is 5.97. The van der Waals surface area contributed by atoms with Crippen molar-refractivity contribution in [2.24, 2.45) is 5.73 Å². The van der Waals surface area contributed by atoms with E-state index in [-0.39, 0.29) is 0 Å². The van der Waals surface area contributed by atoms with Gasteiger partial charge in [-0.15, -0.1) is 11.3 Å². The number of rotatable bonds is 5. The molecule has 0 saturated heterocycles. The van der Waals surface area contributed by atoms with Crippen LogP contribution in [-0.2, 0) is 4.79 Å². The van der Waals surface area contributed by atoms with Gasteiger partial charge in [-0.05, 0) is 18.6 Å². The van der Waals surface area contributed by atoms with Crippen molar-refractivity contribution in [3.63, 3.8) is 0 Å². The Morgan fingerprint density at radius 3 is 2.90 bits per heavy atom. The zero-order valence-corrected chi connectivity index (χ0v) is 13.0. The highest BCUT2D eigenvalue weighted by atomic mass is 35.5. The lowest BCUT2D eigenvalue weighted by Gasteiger charge is -2.11. The van der Waals surface area contributed by atoms with Crippen LogP contribution in [0.25, 0.3) is 0 Å². The van der Waals surface area contributed by atoms with Crippen molar-refractivity contribution >= 4 is 39.7 Å². The second kappa shape index (κ2) is 6.30. The predicted molar refractivity (Wildman–Crippen MR) is 82.7 cm³/mol.